The third-order valence-electron chi connectivity index (χ3n) is 5.13. The summed E-state index contributed by atoms with van der Waals surface area (Å²) in [6.07, 6.45) is 5.11. The van der Waals surface area contributed by atoms with Crippen molar-refractivity contribution in [2.24, 2.45) is 0 Å². The standard InChI is InChI=1S/C22H26N2O4/c1-28-19-10-7-17(8-11-19)21(25)14-18-9-12-20(23-18)16-5-2-15(3-6-16)4-13-22(26)24-27/h2-8,10-11,13,18,20-21,23,25,27H,9,12,14H2,1H3,(H,24,26)/b13-4+. The van der Waals surface area contributed by atoms with Crippen LogP contribution in [0.2, 0.25) is 0 Å². The van der Waals surface area contributed by atoms with E-state index >= 15 is 0 Å². The maximum absolute atomic E-state index is 11.0. The van der Waals surface area contributed by atoms with Crippen molar-refractivity contribution in [1.29, 1.82) is 0 Å². The number of hydrogen-bond acceptors (Lipinski definition) is 5. The van der Waals surface area contributed by atoms with Crippen LogP contribution in [0, 0.1) is 0 Å². The molecule has 2 aromatic carbocycles. The number of hydrogen-bond donors (Lipinski definition) is 4. The first kappa shape index (κ1) is 20.1. The molecule has 1 saturated heterocycles. The van der Waals surface area contributed by atoms with E-state index in [1.54, 1.807) is 18.7 Å². The van der Waals surface area contributed by atoms with E-state index in [4.69, 9.17) is 9.94 Å². The van der Waals surface area contributed by atoms with E-state index in [0.29, 0.717) is 6.42 Å². The molecule has 1 aliphatic rings. The maximum atomic E-state index is 11.0. The van der Waals surface area contributed by atoms with Gasteiger partial charge in [0, 0.05) is 18.2 Å². The Morgan fingerprint density at radius 3 is 2.57 bits per heavy atom. The van der Waals surface area contributed by atoms with Crippen LogP contribution in [0.1, 0.15) is 48.1 Å². The fourth-order valence-corrected chi connectivity index (χ4v) is 3.55. The lowest BCUT2D eigenvalue weighted by Gasteiger charge is -2.18. The van der Waals surface area contributed by atoms with Crippen LogP contribution in [-0.2, 0) is 4.79 Å². The first-order valence-corrected chi connectivity index (χ1v) is 9.39. The highest BCUT2D eigenvalue weighted by molar-refractivity contribution is 5.90. The van der Waals surface area contributed by atoms with Gasteiger partial charge < -0.3 is 15.2 Å². The lowest BCUT2D eigenvalue weighted by atomic mass is 10.0. The SMILES string of the molecule is COc1ccc(C(O)CC2CCC(c3ccc(/C=C/C(=O)NO)cc3)N2)cc1. The summed E-state index contributed by atoms with van der Waals surface area (Å²) in [6, 6.07) is 16.0. The number of amides is 1. The van der Waals surface area contributed by atoms with Gasteiger partial charge in [-0.2, -0.15) is 0 Å². The largest absolute Gasteiger partial charge is 0.497 e. The van der Waals surface area contributed by atoms with E-state index in [0.717, 1.165) is 29.7 Å². The summed E-state index contributed by atoms with van der Waals surface area (Å²) in [4.78, 5) is 11.0. The zero-order valence-electron chi connectivity index (χ0n) is 15.8. The van der Waals surface area contributed by atoms with Crippen LogP contribution in [-0.4, -0.2) is 29.4 Å². The van der Waals surface area contributed by atoms with E-state index in [1.807, 2.05) is 48.5 Å². The minimum Gasteiger partial charge on any atom is -0.497 e. The fourth-order valence-electron chi connectivity index (χ4n) is 3.55. The Morgan fingerprint density at radius 1 is 1.21 bits per heavy atom. The molecule has 4 N–H and O–H groups in total. The lowest BCUT2D eigenvalue weighted by Crippen LogP contribution is -2.26. The molecule has 0 radical (unpaired) electrons. The van der Waals surface area contributed by atoms with Crippen LogP contribution in [0.25, 0.3) is 6.08 Å². The molecule has 0 aromatic heterocycles. The van der Waals surface area contributed by atoms with Crippen molar-refractivity contribution >= 4 is 12.0 Å². The van der Waals surface area contributed by atoms with E-state index < -0.39 is 12.0 Å². The highest BCUT2D eigenvalue weighted by atomic mass is 16.5. The summed E-state index contributed by atoms with van der Waals surface area (Å²) in [7, 11) is 1.63. The summed E-state index contributed by atoms with van der Waals surface area (Å²) in [5, 5.41) is 22.6. The molecular formula is C22H26N2O4. The molecule has 0 spiro atoms. The van der Waals surface area contributed by atoms with E-state index in [9.17, 15) is 9.90 Å². The van der Waals surface area contributed by atoms with Crippen molar-refractivity contribution < 1.29 is 19.8 Å². The highest BCUT2D eigenvalue weighted by Gasteiger charge is 2.27. The molecule has 6 heteroatoms. The Balaban J connectivity index is 1.54. The second-order valence-electron chi connectivity index (χ2n) is 6.99. The summed E-state index contributed by atoms with van der Waals surface area (Å²) < 4.78 is 5.16. The Morgan fingerprint density at radius 2 is 1.93 bits per heavy atom. The van der Waals surface area contributed by atoms with Crippen LogP contribution in [0.5, 0.6) is 5.75 Å². The third kappa shape index (κ3) is 5.19. The number of methoxy groups -OCH3 is 1. The second-order valence-corrected chi connectivity index (χ2v) is 6.99. The molecule has 3 atom stereocenters. The number of aliphatic hydroxyl groups is 1. The molecule has 6 nitrogen and oxygen atoms in total. The molecule has 1 aliphatic heterocycles. The smallest absolute Gasteiger partial charge is 0.267 e. The zero-order valence-corrected chi connectivity index (χ0v) is 15.8. The maximum Gasteiger partial charge on any atom is 0.267 e. The first-order valence-electron chi connectivity index (χ1n) is 9.39. The van der Waals surface area contributed by atoms with Gasteiger partial charge in [-0.1, -0.05) is 36.4 Å². The predicted octanol–water partition coefficient (Wildman–Crippen LogP) is 3.13. The normalized spacial score (nSPS) is 20.2. The van der Waals surface area contributed by atoms with Gasteiger partial charge in [0.2, 0.25) is 0 Å². The molecule has 28 heavy (non-hydrogen) atoms. The Kier molecular flexibility index (Phi) is 6.81. The molecular weight excluding hydrogens is 356 g/mol. The van der Waals surface area contributed by atoms with E-state index in [-0.39, 0.29) is 12.1 Å². The van der Waals surface area contributed by atoms with Gasteiger partial charge in [-0.05, 0) is 54.2 Å². The van der Waals surface area contributed by atoms with E-state index in [1.165, 1.54) is 11.6 Å². The van der Waals surface area contributed by atoms with Gasteiger partial charge in [-0.15, -0.1) is 0 Å². The van der Waals surface area contributed by atoms with Gasteiger partial charge in [-0.3, -0.25) is 10.0 Å². The van der Waals surface area contributed by atoms with Gasteiger partial charge in [0.25, 0.3) is 5.91 Å². The van der Waals surface area contributed by atoms with Crippen molar-refractivity contribution in [2.75, 3.05) is 7.11 Å². The van der Waals surface area contributed by atoms with Gasteiger partial charge >= 0.3 is 0 Å². The van der Waals surface area contributed by atoms with Crippen LogP contribution >= 0.6 is 0 Å². The number of hydroxylamine groups is 1. The fraction of sp³-hybridized carbons (Fsp3) is 0.318. The topological polar surface area (TPSA) is 90.8 Å². The van der Waals surface area contributed by atoms with Gasteiger partial charge in [0.15, 0.2) is 0 Å². The molecule has 0 saturated carbocycles. The average molecular weight is 382 g/mol. The van der Waals surface area contributed by atoms with Gasteiger partial charge in [-0.25, -0.2) is 5.48 Å². The molecule has 1 heterocycles. The molecule has 1 fully saturated rings. The number of aliphatic hydroxyl groups excluding tert-OH is 1. The Bertz CT molecular complexity index is 802. The Hall–Kier alpha value is -2.67. The highest BCUT2D eigenvalue weighted by Crippen LogP contribution is 2.31. The Labute approximate surface area is 164 Å². The number of benzene rings is 2. The predicted molar refractivity (Wildman–Crippen MR) is 107 cm³/mol. The lowest BCUT2D eigenvalue weighted by molar-refractivity contribution is -0.124. The van der Waals surface area contributed by atoms with E-state index in [2.05, 4.69) is 5.32 Å². The van der Waals surface area contributed by atoms with Crippen LogP contribution in [0.3, 0.4) is 0 Å². The molecule has 1 amide bonds. The zero-order chi connectivity index (χ0) is 19.9. The summed E-state index contributed by atoms with van der Waals surface area (Å²) >= 11 is 0. The summed E-state index contributed by atoms with van der Waals surface area (Å²) in [5.74, 6) is 0.227. The van der Waals surface area contributed by atoms with Crippen molar-refractivity contribution in [3.63, 3.8) is 0 Å². The number of ether oxygens (including phenoxy) is 1. The van der Waals surface area contributed by atoms with Crippen LogP contribution in [0.15, 0.2) is 54.6 Å². The van der Waals surface area contributed by atoms with Crippen molar-refractivity contribution in [3.8, 4) is 5.75 Å². The molecule has 0 aliphatic carbocycles. The monoisotopic (exact) mass is 382 g/mol. The molecule has 148 valence electrons. The van der Waals surface area contributed by atoms with Gasteiger partial charge in [0.05, 0.1) is 13.2 Å². The van der Waals surface area contributed by atoms with Crippen molar-refractivity contribution in [3.05, 3.63) is 71.3 Å². The molecule has 3 rings (SSSR count). The molecule has 3 unspecified atom stereocenters. The number of nitrogens with one attached hydrogen (secondary N) is 2. The average Bonchev–Trinajstić information content (AvgIpc) is 3.20. The van der Waals surface area contributed by atoms with Crippen LogP contribution in [0.4, 0.5) is 0 Å². The number of rotatable bonds is 7. The molecule has 2 aromatic rings. The van der Waals surface area contributed by atoms with Crippen molar-refractivity contribution in [2.45, 2.75) is 37.5 Å². The molecule has 0 bridgehead atoms. The third-order valence-corrected chi connectivity index (χ3v) is 5.13. The van der Waals surface area contributed by atoms with Crippen molar-refractivity contribution in [1.82, 2.24) is 10.8 Å². The first-order chi connectivity index (χ1) is 13.6. The van der Waals surface area contributed by atoms with Gasteiger partial charge in [0.1, 0.15) is 5.75 Å². The number of carbonyl (C=O) groups is 1. The summed E-state index contributed by atoms with van der Waals surface area (Å²) in [6.45, 7) is 0. The van der Waals surface area contributed by atoms with Crippen LogP contribution < -0.4 is 15.5 Å². The second kappa shape index (κ2) is 9.50. The number of carbonyl (C=O) groups excluding carboxylic acids is 1. The quantitative estimate of drug-likeness (QED) is 0.336. The summed E-state index contributed by atoms with van der Waals surface area (Å²) in [5.41, 5.74) is 4.54. The minimum absolute atomic E-state index is 0.256. The minimum atomic E-state index is -0.556.